The summed E-state index contributed by atoms with van der Waals surface area (Å²) in [4.78, 5) is 0. The van der Waals surface area contributed by atoms with E-state index < -0.39 is 20.8 Å². The molecule has 1 aliphatic rings. The first-order chi connectivity index (χ1) is 7.56. The lowest BCUT2D eigenvalue weighted by molar-refractivity contribution is 0.490. The van der Waals surface area contributed by atoms with Crippen molar-refractivity contribution in [2.24, 2.45) is 0 Å². The first kappa shape index (κ1) is 14.1. The van der Waals surface area contributed by atoms with Gasteiger partial charge in [0, 0.05) is 28.9 Å². The molecular weight excluding hydrogens is 248 g/mol. The molecule has 1 fully saturated rings. The van der Waals surface area contributed by atoms with Gasteiger partial charge in [0.05, 0.1) is 5.25 Å². The Morgan fingerprint density at radius 1 is 1.38 bits per heavy atom. The Kier molecular flexibility index (Phi) is 5.88. The van der Waals surface area contributed by atoms with E-state index in [0.717, 1.165) is 13.1 Å². The number of nitrogens with one attached hydrogen (secondary N) is 2. The SMILES string of the molecule is CCS(=O)CCNS(=O)(=O)C1CCNCC1. The van der Waals surface area contributed by atoms with E-state index >= 15 is 0 Å². The maximum absolute atomic E-state index is 11.8. The van der Waals surface area contributed by atoms with E-state index in [1.165, 1.54) is 0 Å². The second kappa shape index (κ2) is 6.68. The van der Waals surface area contributed by atoms with Crippen molar-refractivity contribution in [1.29, 1.82) is 0 Å². The number of hydrogen-bond donors (Lipinski definition) is 2. The van der Waals surface area contributed by atoms with Crippen LogP contribution in [0, 0.1) is 0 Å². The zero-order chi connectivity index (χ0) is 12.0. The van der Waals surface area contributed by atoms with Crippen molar-refractivity contribution in [1.82, 2.24) is 10.0 Å². The van der Waals surface area contributed by atoms with Crippen LogP contribution in [-0.4, -0.2) is 49.0 Å². The number of rotatable bonds is 6. The van der Waals surface area contributed by atoms with Gasteiger partial charge in [-0.2, -0.15) is 0 Å². The van der Waals surface area contributed by atoms with E-state index in [1.54, 1.807) is 0 Å². The van der Waals surface area contributed by atoms with Gasteiger partial charge in [0.15, 0.2) is 0 Å². The molecule has 0 radical (unpaired) electrons. The third-order valence-electron chi connectivity index (χ3n) is 2.68. The van der Waals surface area contributed by atoms with E-state index in [-0.39, 0.29) is 11.8 Å². The van der Waals surface area contributed by atoms with Crippen molar-refractivity contribution in [3.63, 3.8) is 0 Å². The smallest absolute Gasteiger partial charge is 0.214 e. The minimum Gasteiger partial charge on any atom is -0.317 e. The second-order valence-electron chi connectivity index (χ2n) is 3.82. The lowest BCUT2D eigenvalue weighted by Crippen LogP contribution is -2.42. The fourth-order valence-corrected chi connectivity index (χ4v) is 3.89. The molecule has 0 aromatic carbocycles. The maximum Gasteiger partial charge on any atom is 0.214 e. The van der Waals surface area contributed by atoms with Crippen LogP contribution >= 0.6 is 0 Å². The highest BCUT2D eigenvalue weighted by molar-refractivity contribution is 7.90. The molecule has 2 N–H and O–H groups in total. The third-order valence-corrected chi connectivity index (χ3v) is 5.94. The molecule has 1 atom stereocenters. The predicted octanol–water partition coefficient (Wildman–Crippen LogP) is -0.574. The molecular formula is C9H20N2O3S2. The zero-order valence-corrected chi connectivity index (χ0v) is 11.2. The zero-order valence-electron chi connectivity index (χ0n) is 9.57. The Labute approximate surface area is 99.9 Å². The van der Waals surface area contributed by atoms with E-state index in [1.807, 2.05) is 6.92 Å². The molecule has 16 heavy (non-hydrogen) atoms. The summed E-state index contributed by atoms with van der Waals surface area (Å²) in [6.07, 6.45) is 1.32. The van der Waals surface area contributed by atoms with Gasteiger partial charge in [-0.1, -0.05) is 6.92 Å². The lowest BCUT2D eigenvalue weighted by Gasteiger charge is -2.22. The summed E-state index contributed by atoms with van der Waals surface area (Å²) in [5.41, 5.74) is 0. The number of hydrogen-bond acceptors (Lipinski definition) is 4. The standard InChI is InChI=1S/C9H20N2O3S2/c1-2-15(12)8-7-11-16(13,14)9-3-5-10-6-4-9/h9-11H,2-8H2,1H3. The molecule has 7 heteroatoms. The van der Waals surface area contributed by atoms with E-state index in [2.05, 4.69) is 10.0 Å². The van der Waals surface area contributed by atoms with Gasteiger partial charge in [0.2, 0.25) is 10.0 Å². The van der Waals surface area contributed by atoms with Crippen LogP contribution in [0.2, 0.25) is 0 Å². The summed E-state index contributed by atoms with van der Waals surface area (Å²) in [6, 6.07) is 0. The number of sulfonamides is 1. The summed E-state index contributed by atoms with van der Waals surface area (Å²) >= 11 is 0. The molecule has 1 rings (SSSR count). The molecule has 1 saturated heterocycles. The van der Waals surface area contributed by atoms with Crippen molar-refractivity contribution in [3.8, 4) is 0 Å². The van der Waals surface area contributed by atoms with Gasteiger partial charge in [0.25, 0.3) is 0 Å². The van der Waals surface area contributed by atoms with Gasteiger partial charge < -0.3 is 5.32 Å². The lowest BCUT2D eigenvalue weighted by atomic mass is 10.2. The molecule has 5 nitrogen and oxygen atoms in total. The van der Waals surface area contributed by atoms with E-state index in [0.29, 0.717) is 24.3 Å². The van der Waals surface area contributed by atoms with Gasteiger partial charge in [-0.05, 0) is 25.9 Å². The molecule has 0 aliphatic carbocycles. The Morgan fingerprint density at radius 2 is 2.00 bits per heavy atom. The van der Waals surface area contributed by atoms with E-state index in [9.17, 15) is 12.6 Å². The summed E-state index contributed by atoms with van der Waals surface area (Å²) in [5.74, 6) is 0.982. The highest BCUT2D eigenvalue weighted by atomic mass is 32.2. The monoisotopic (exact) mass is 268 g/mol. The van der Waals surface area contributed by atoms with Gasteiger partial charge in [0.1, 0.15) is 0 Å². The van der Waals surface area contributed by atoms with Crippen LogP contribution in [0.3, 0.4) is 0 Å². The van der Waals surface area contributed by atoms with Crippen LogP contribution in [0.15, 0.2) is 0 Å². The Bertz CT molecular complexity index is 324. The van der Waals surface area contributed by atoms with Crippen LogP contribution < -0.4 is 10.0 Å². The molecule has 1 heterocycles. The Morgan fingerprint density at radius 3 is 2.56 bits per heavy atom. The van der Waals surface area contributed by atoms with Crippen LogP contribution in [0.1, 0.15) is 19.8 Å². The summed E-state index contributed by atoms with van der Waals surface area (Å²) in [5, 5.41) is 2.84. The molecule has 0 aromatic rings. The van der Waals surface area contributed by atoms with Crippen molar-refractivity contribution in [2.75, 3.05) is 31.1 Å². The van der Waals surface area contributed by atoms with Crippen LogP contribution in [0.5, 0.6) is 0 Å². The highest BCUT2D eigenvalue weighted by Crippen LogP contribution is 2.11. The quantitative estimate of drug-likeness (QED) is 0.676. The Balaban J connectivity index is 2.36. The van der Waals surface area contributed by atoms with Crippen molar-refractivity contribution < 1.29 is 12.6 Å². The molecule has 0 saturated carbocycles. The van der Waals surface area contributed by atoms with Gasteiger partial charge in [-0.25, -0.2) is 13.1 Å². The molecule has 0 spiro atoms. The first-order valence-corrected chi connectivity index (χ1v) is 8.64. The van der Waals surface area contributed by atoms with Gasteiger partial charge in [-0.15, -0.1) is 0 Å². The third kappa shape index (κ3) is 4.48. The van der Waals surface area contributed by atoms with Crippen molar-refractivity contribution >= 4 is 20.8 Å². The average molecular weight is 268 g/mol. The first-order valence-electron chi connectivity index (χ1n) is 5.60. The fraction of sp³-hybridized carbons (Fsp3) is 1.00. The highest BCUT2D eigenvalue weighted by Gasteiger charge is 2.26. The predicted molar refractivity (Wildman–Crippen MR) is 66.4 cm³/mol. The average Bonchev–Trinajstić information content (AvgIpc) is 2.30. The van der Waals surface area contributed by atoms with Crippen LogP contribution in [-0.2, 0) is 20.8 Å². The van der Waals surface area contributed by atoms with Gasteiger partial charge in [-0.3, -0.25) is 4.21 Å². The van der Waals surface area contributed by atoms with Crippen LogP contribution in [0.25, 0.3) is 0 Å². The molecule has 1 unspecified atom stereocenters. The molecule has 1 aliphatic heterocycles. The fourth-order valence-electron chi connectivity index (χ4n) is 1.67. The topological polar surface area (TPSA) is 75.3 Å². The largest absolute Gasteiger partial charge is 0.317 e. The Hall–Kier alpha value is 0.0200. The number of piperidine rings is 1. The van der Waals surface area contributed by atoms with Crippen LogP contribution in [0.4, 0.5) is 0 Å². The molecule has 96 valence electrons. The minimum absolute atomic E-state index is 0.284. The normalized spacial score (nSPS) is 20.8. The maximum atomic E-state index is 11.8. The minimum atomic E-state index is -3.21. The molecule has 0 aromatic heterocycles. The van der Waals surface area contributed by atoms with E-state index in [4.69, 9.17) is 0 Å². The van der Waals surface area contributed by atoms with Gasteiger partial charge >= 0.3 is 0 Å². The summed E-state index contributed by atoms with van der Waals surface area (Å²) in [6.45, 7) is 3.63. The second-order valence-corrected chi connectivity index (χ2v) is 7.73. The molecule has 0 bridgehead atoms. The van der Waals surface area contributed by atoms with Crippen molar-refractivity contribution in [2.45, 2.75) is 25.0 Å². The summed E-state index contributed by atoms with van der Waals surface area (Å²) < 4.78 is 37.3. The molecule has 0 amide bonds. The van der Waals surface area contributed by atoms with Crippen molar-refractivity contribution in [3.05, 3.63) is 0 Å². The summed E-state index contributed by atoms with van der Waals surface area (Å²) in [7, 11) is -4.12.